The molecule has 74 valence electrons. The van der Waals surface area contributed by atoms with Crippen molar-refractivity contribution >= 4 is 5.78 Å². The molecule has 1 aromatic carbocycles. The van der Waals surface area contributed by atoms with E-state index in [2.05, 4.69) is 0 Å². The third kappa shape index (κ3) is 1.37. The van der Waals surface area contributed by atoms with Gasteiger partial charge in [-0.1, -0.05) is 0 Å². The maximum Gasteiger partial charge on any atom is 0.170 e. The molecule has 0 fully saturated rings. The number of hydrogen-bond acceptors (Lipinski definition) is 3. The number of ketones is 1. The smallest absolute Gasteiger partial charge is 0.170 e. The van der Waals surface area contributed by atoms with E-state index in [1.54, 1.807) is 0 Å². The number of rotatable bonds is 1. The lowest BCUT2D eigenvalue weighted by atomic mass is 9.99. The van der Waals surface area contributed by atoms with Crippen LogP contribution in [0.1, 0.15) is 22.3 Å². The van der Waals surface area contributed by atoms with Gasteiger partial charge in [-0.15, -0.1) is 0 Å². The van der Waals surface area contributed by atoms with Gasteiger partial charge >= 0.3 is 0 Å². The van der Waals surface area contributed by atoms with Gasteiger partial charge in [0.1, 0.15) is 11.6 Å². The Hall–Kier alpha value is -1.42. The molecule has 0 saturated carbocycles. The monoisotopic (exact) mass is 196 g/mol. The Morgan fingerprint density at radius 1 is 1.50 bits per heavy atom. The van der Waals surface area contributed by atoms with Gasteiger partial charge in [-0.3, -0.25) is 4.79 Å². The first-order valence-electron chi connectivity index (χ1n) is 4.31. The molecule has 1 N–H and O–H groups in total. The predicted molar refractivity (Wildman–Crippen MR) is 46.8 cm³/mol. The standard InChI is InChI=1S/C10H9FO3/c11-7-3-6(5-12)10-8(13)1-2-14-9(10)4-7/h3-4,12H,1-2,5H2. The fraction of sp³-hybridized carbons (Fsp3) is 0.300. The molecule has 1 aliphatic heterocycles. The number of benzene rings is 1. The SMILES string of the molecule is O=C1CCOc2cc(F)cc(CO)c21. The van der Waals surface area contributed by atoms with Crippen LogP contribution >= 0.6 is 0 Å². The molecule has 3 nitrogen and oxygen atoms in total. The van der Waals surface area contributed by atoms with Gasteiger partial charge in [-0.2, -0.15) is 0 Å². The molecule has 14 heavy (non-hydrogen) atoms. The topological polar surface area (TPSA) is 46.5 Å². The van der Waals surface area contributed by atoms with Crippen molar-refractivity contribution in [3.8, 4) is 5.75 Å². The summed E-state index contributed by atoms with van der Waals surface area (Å²) in [6, 6.07) is 2.33. The molecule has 1 heterocycles. The molecule has 4 heteroatoms. The van der Waals surface area contributed by atoms with Gasteiger partial charge in [0.05, 0.1) is 18.8 Å². The van der Waals surface area contributed by atoms with E-state index < -0.39 is 5.82 Å². The van der Waals surface area contributed by atoms with E-state index in [1.807, 2.05) is 0 Å². The van der Waals surface area contributed by atoms with Crippen LogP contribution in [0.5, 0.6) is 5.75 Å². The lowest BCUT2D eigenvalue weighted by molar-refractivity contribution is 0.0929. The number of carbonyl (C=O) groups excluding carboxylic acids is 1. The largest absolute Gasteiger partial charge is 0.492 e. The Labute approximate surface area is 80.1 Å². The predicted octanol–water partition coefficient (Wildman–Crippen LogP) is 1.28. The van der Waals surface area contributed by atoms with Crippen molar-refractivity contribution in [2.24, 2.45) is 0 Å². The van der Waals surface area contributed by atoms with Crippen molar-refractivity contribution in [2.75, 3.05) is 6.61 Å². The van der Waals surface area contributed by atoms with E-state index in [0.717, 1.165) is 6.07 Å². The van der Waals surface area contributed by atoms with Crippen molar-refractivity contribution < 1.29 is 19.0 Å². The van der Waals surface area contributed by atoms with Crippen molar-refractivity contribution in [1.29, 1.82) is 0 Å². The lowest BCUT2D eigenvalue weighted by Crippen LogP contribution is -2.17. The Balaban J connectivity index is 2.61. The van der Waals surface area contributed by atoms with Crippen LogP contribution < -0.4 is 4.74 Å². The molecule has 0 atom stereocenters. The fourth-order valence-electron chi connectivity index (χ4n) is 1.57. The first-order valence-corrected chi connectivity index (χ1v) is 4.31. The highest BCUT2D eigenvalue weighted by Crippen LogP contribution is 2.29. The normalized spacial score (nSPS) is 14.9. The van der Waals surface area contributed by atoms with E-state index in [1.165, 1.54) is 6.07 Å². The molecule has 1 aromatic rings. The molecule has 0 amide bonds. The van der Waals surface area contributed by atoms with Crippen molar-refractivity contribution in [2.45, 2.75) is 13.0 Å². The van der Waals surface area contributed by atoms with Crippen LogP contribution in [-0.2, 0) is 6.61 Å². The van der Waals surface area contributed by atoms with Gasteiger partial charge in [-0.05, 0) is 11.6 Å². The summed E-state index contributed by atoms with van der Waals surface area (Å²) >= 11 is 0. The first kappa shape index (κ1) is 9.15. The zero-order chi connectivity index (χ0) is 10.1. The van der Waals surface area contributed by atoms with Crippen molar-refractivity contribution in [3.05, 3.63) is 29.1 Å². The van der Waals surface area contributed by atoms with E-state index >= 15 is 0 Å². The molecule has 0 spiro atoms. The number of ether oxygens (including phenoxy) is 1. The Kier molecular flexibility index (Phi) is 2.21. The van der Waals surface area contributed by atoms with Crippen LogP contribution in [0.15, 0.2) is 12.1 Å². The van der Waals surface area contributed by atoms with Gasteiger partial charge in [-0.25, -0.2) is 4.39 Å². The van der Waals surface area contributed by atoms with Gasteiger partial charge in [0, 0.05) is 12.5 Å². The summed E-state index contributed by atoms with van der Waals surface area (Å²) in [5.41, 5.74) is 0.616. The zero-order valence-electron chi connectivity index (χ0n) is 7.42. The maximum absolute atomic E-state index is 13.0. The van der Waals surface area contributed by atoms with Crippen LogP contribution in [0.25, 0.3) is 0 Å². The van der Waals surface area contributed by atoms with E-state index in [4.69, 9.17) is 9.84 Å². The molecule has 0 aromatic heterocycles. The van der Waals surface area contributed by atoms with Gasteiger partial charge in [0.2, 0.25) is 0 Å². The van der Waals surface area contributed by atoms with E-state index in [-0.39, 0.29) is 31.2 Å². The third-order valence-electron chi connectivity index (χ3n) is 2.18. The van der Waals surface area contributed by atoms with Crippen molar-refractivity contribution in [3.63, 3.8) is 0 Å². The minimum absolute atomic E-state index is 0.102. The molecule has 1 aliphatic rings. The van der Waals surface area contributed by atoms with E-state index in [9.17, 15) is 9.18 Å². The number of carbonyl (C=O) groups is 1. The van der Waals surface area contributed by atoms with Crippen molar-refractivity contribution in [1.82, 2.24) is 0 Å². The summed E-state index contributed by atoms with van der Waals surface area (Å²) in [7, 11) is 0. The average Bonchev–Trinajstić information content (AvgIpc) is 2.16. The molecular formula is C10H9FO3. The van der Waals surface area contributed by atoms with Crippen LogP contribution in [0.4, 0.5) is 4.39 Å². The molecule has 0 aliphatic carbocycles. The Morgan fingerprint density at radius 3 is 3.00 bits per heavy atom. The number of Topliss-reactive ketones (excluding diaryl/α,β-unsaturated/α-hetero) is 1. The van der Waals surface area contributed by atoms with E-state index in [0.29, 0.717) is 11.1 Å². The molecule has 2 rings (SSSR count). The molecule has 0 radical (unpaired) electrons. The summed E-state index contributed by atoms with van der Waals surface area (Å²) in [6.45, 7) is -0.0741. The first-order chi connectivity index (χ1) is 6.72. The lowest BCUT2D eigenvalue weighted by Gasteiger charge is -2.18. The highest BCUT2D eigenvalue weighted by Gasteiger charge is 2.22. The highest BCUT2D eigenvalue weighted by atomic mass is 19.1. The number of aliphatic hydroxyl groups excluding tert-OH is 1. The minimum Gasteiger partial charge on any atom is -0.492 e. The second kappa shape index (κ2) is 3.38. The summed E-state index contributed by atoms with van der Waals surface area (Å²) in [5, 5.41) is 8.96. The fourth-order valence-corrected chi connectivity index (χ4v) is 1.57. The number of halogens is 1. The van der Waals surface area contributed by atoms with Gasteiger partial charge in [0.15, 0.2) is 5.78 Å². The summed E-state index contributed by atoms with van der Waals surface area (Å²) in [5.74, 6) is -0.358. The maximum atomic E-state index is 13.0. The second-order valence-electron chi connectivity index (χ2n) is 3.12. The number of aliphatic hydroxyl groups is 1. The van der Waals surface area contributed by atoms with Gasteiger partial charge in [0.25, 0.3) is 0 Å². The van der Waals surface area contributed by atoms with Crippen LogP contribution in [0.2, 0.25) is 0 Å². The van der Waals surface area contributed by atoms with Crippen LogP contribution in [0.3, 0.4) is 0 Å². The van der Waals surface area contributed by atoms with Crippen LogP contribution in [0, 0.1) is 5.82 Å². The molecular weight excluding hydrogens is 187 g/mol. The zero-order valence-corrected chi connectivity index (χ0v) is 7.42. The second-order valence-corrected chi connectivity index (χ2v) is 3.12. The third-order valence-corrected chi connectivity index (χ3v) is 2.18. The summed E-state index contributed by atoms with van der Waals surface area (Å²) in [6.07, 6.45) is 0.283. The summed E-state index contributed by atoms with van der Waals surface area (Å²) < 4.78 is 18.1. The van der Waals surface area contributed by atoms with Crippen LogP contribution in [-0.4, -0.2) is 17.5 Å². The number of hydrogen-bond donors (Lipinski definition) is 1. The Bertz CT molecular complexity index is 370. The Morgan fingerprint density at radius 2 is 2.29 bits per heavy atom. The summed E-state index contributed by atoms with van der Waals surface area (Å²) in [4.78, 5) is 11.5. The number of fused-ring (bicyclic) bond motifs is 1. The molecule has 0 bridgehead atoms. The quantitative estimate of drug-likeness (QED) is 0.736. The highest BCUT2D eigenvalue weighted by molar-refractivity contribution is 6.01. The molecule has 0 saturated heterocycles. The van der Waals surface area contributed by atoms with Gasteiger partial charge < -0.3 is 9.84 Å². The molecule has 0 unspecified atom stereocenters. The minimum atomic E-state index is -0.498. The average molecular weight is 196 g/mol.